The van der Waals surface area contributed by atoms with E-state index in [4.69, 9.17) is 4.74 Å². The Morgan fingerprint density at radius 1 is 1.42 bits per heavy atom. The molecule has 1 saturated heterocycles. The molecule has 0 aliphatic carbocycles. The zero-order valence-corrected chi connectivity index (χ0v) is 11.5. The van der Waals surface area contributed by atoms with Crippen molar-refractivity contribution in [3.05, 3.63) is 35.1 Å². The van der Waals surface area contributed by atoms with E-state index in [0.29, 0.717) is 24.2 Å². The second-order valence-electron chi connectivity index (χ2n) is 4.91. The van der Waals surface area contributed by atoms with Crippen LogP contribution in [0.15, 0.2) is 18.2 Å². The maximum Gasteiger partial charge on any atom is 0.254 e. The van der Waals surface area contributed by atoms with Gasteiger partial charge in [0.25, 0.3) is 5.91 Å². The molecule has 2 rings (SSSR count). The minimum atomic E-state index is -0.302. The lowest BCUT2D eigenvalue weighted by Crippen LogP contribution is -2.41. The molecule has 1 aromatic carbocycles. The van der Waals surface area contributed by atoms with Crippen LogP contribution >= 0.6 is 0 Å². The number of carbonyl (C=O) groups is 1. The Morgan fingerprint density at radius 3 is 2.68 bits per heavy atom. The molecule has 3 nitrogen and oxygen atoms in total. The van der Waals surface area contributed by atoms with E-state index >= 15 is 0 Å². The molecule has 0 saturated carbocycles. The van der Waals surface area contributed by atoms with Crippen LogP contribution in [-0.2, 0) is 4.74 Å². The molecule has 0 unspecified atom stereocenters. The normalized spacial score (nSPS) is 16.7. The highest BCUT2D eigenvalue weighted by Crippen LogP contribution is 2.18. The molecule has 1 heterocycles. The average molecular weight is 265 g/mol. The molecule has 0 atom stereocenters. The molecule has 0 aromatic heterocycles. The van der Waals surface area contributed by atoms with Crippen LogP contribution in [0.4, 0.5) is 4.39 Å². The number of carbonyl (C=O) groups excluding carboxylic acids is 1. The van der Waals surface area contributed by atoms with Gasteiger partial charge in [-0.15, -0.1) is 0 Å². The first kappa shape index (κ1) is 14.0. The fourth-order valence-electron chi connectivity index (χ4n) is 2.50. The summed E-state index contributed by atoms with van der Waals surface area (Å²) in [7, 11) is 0. The van der Waals surface area contributed by atoms with Crippen LogP contribution in [0.25, 0.3) is 0 Å². The fraction of sp³-hybridized carbons (Fsp3) is 0.533. The smallest absolute Gasteiger partial charge is 0.254 e. The molecule has 1 amide bonds. The third kappa shape index (κ3) is 3.32. The van der Waals surface area contributed by atoms with Crippen molar-refractivity contribution in [3.63, 3.8) is 0 Å². The number of hydrogen-bond donors (Lipinski definition) is 0. The highest BCUT2D eigenvalue weighted by molar-refractivity contribution is 5.95. The molecule has 4 heteroatoms. The van der Waals surface area contributed by atoms with Crippen LogP contribution in [-0.4, -0.2) is 36.6 Å². The maximum atomic E-state index is 13.0. The second kappa shape index (κ2) is 6.15. The molecule has 19 heavy (non-hydrogen) atoms. The summed E-state index contributed by atoms with van der Waals surface area (Å²) in [6, 6.07) is 4.31. The van der Waals surface area contributed by atoms with Crippen LogP contribution in [0, 0.1) is 12.7 Å². The van der Waals surface area contributed by atoms with E-state index in [-0.39, 0.29) is 17.8 Å². The average Bonchev–Trinajstić information content (AvgIpc) is 2.39. The van der Waals surface area contributed by atoms with E-state index < -0.39 is 0 Å². The lowest BCUT2D eigenvalue weighted by molar-refractivity contribution is 0.0146. The number of halogens is 1. The highest BCUT2D eigenvalue weighted by atomic mass is 19.1. The van der Waals surface area contributed by atoms with Gasteiger partial charge < -0.3 is 9.64 Å². The Hall–Kier alpha value is -1.42. The van der Waals surface area contributed by atoms with Crippen molar-refractivity contribution >= 4 is 5.91 Å². The topological polar surface area (TPSA) is 29.5 Å². The van der Waals surface area contributed by atoms with Gasteiger partial charge in [-0.3, -0.25) is 4.79 Å². The van der Waals surface area contributed by atoms with Crippen molar-refractivity contribution in [2.75, 3.05) is 19.7 Å². The van der Waals surface area contributed by atoms with E-state index in [0.717, 1.165) is 19.4 Å². The second-order valence-corrected chi connectivity index (χ2v) is 4.91. The molecule has 0 spiro atoms. The molecule has 1 aliphatic rings. The van der Waals surface area contributed by atoms with Gasteiger partial charge >= 0.3 is 0 Å². The molecular weight excluding hydrogens is 245 g/mol. The quantitative estimate of drug-likeness (QED) is 0.841. The van der Waals surface area contributed by atoms with E-state index in [1.54, 1.807) is 13.0 Å². The Kier molecular flexibility index (Phi) is 4.53. The van der Waals surface area contributed by atoms with Gasteiger partial charge in [0.05, 0.1) is 6.10 Å². The third-order valence-corrected chi connectivity index (χ3v) is 3.55. The third-order valence-electron chi connectivity index (χ3n) is 3.55. The van der Waals surface area contributed by atoms with Gasteiger partial charge in [0.1, 0.15) is 5.82 Å². The SMILES string of the molecule is CCOC1CCN(C(=O)c2ccc(F)cc2C)CC1. The zero-order chi connectivity index (χ0) is 13.8. The maximum absolute atomic E-state index is 13.0. The van der Waals surface area contributed by atoms with Crippen molar-refractivity contribution < 1.29 is 13.9 Å². The Morgan fingerprint density at radius 2 is 2.11 bits per heavy atom. The summed E-state index contributed by atoms with van der Waals surface area (Å²) in [6.07, 6.45) is 2.02. The minimum Gasteiger partial charge on any atom is -0.378 e. The molecule has 0 radical (unpaired) electrons. The van der Waals surface area contributed by atoms with Crippen molar-refractivity contribution in [1.82, 2.24) is 4.90 Å². The molecule has 0 bridgehead atoms. The van der Waals surface area contributed by atoms with E-state index in [9.17, 15) is 9.18 Å². The first-order valence-corrected chi connectivity index (χ1v) is 6.79. The predicted octanol–water partition coefficient (Wildman–Crippen LogP) is 2.78. The molecule has 104 valence electrons. The molecule has 1 fully saturated rings. The van der Waals surface area contributed by atoms with Gasteiger partial charge in [0.15, 0.2) is 0 Å². The number of hydrogen-bond acceptors (Lipinski definition) is 2. The number of aryl methyl sites for hydroxylation is 1. The summed E-state index contributed by atoms with van der Waals surface area (Å²) >= 11 is 0. The summed E-state index contributed by atoms with van der Waals surface area (Å²) in [5, 5.41) is 0. The van der Waals surface area contributed by atoms with Crippen LogP contribution in [0.2, 0.25) is 0 Å². The number of ether oxygens (including phenoxy) is 1. The minimum absolute atomic E-state index is 0.00699. The standard InChI is InChI=1S/C15H20FNO2/c1-3-19-13-6-8-17(9-7-13)15(18)14-5-4-12(16)10-11(14)2/h4-5,10,13H,3,6-9H2,1-2H3. The summed E-state index contributed by atoms with van der Waals surface area (Å²) in [5.74, 6) is -0.309. The number of nitrogens with zero attached hydrogens (tertiary/aromatic N) is 1. The van der Waals surface area contributed by atoms with E-state index in [2.05, 4.69) is 0 Å². The highest BCUT2D eigenvalue weighted by Gasteiger charge is 2.24. The van der Waals surface area contributed by atoms with Gasteiger partial charge in [-0.05, 0) is 50.5 Å². The molecule has 1 aromatic rings. The number of likely N-dealkylation sites (tertiary alicyclic amines) is 1. The van der Waals surface area contributed by atoms with Gasteiger partial charge in [-0.25, -0.2) is 4.39 Å². The van der Waals surface area contributed by atoms with Crippen LogP contribution in [0.1, 0.15) is 35.7 Å². The van der Waals surface area contributed by atoms with Gasteiger partial charge in [0.2, 0.25) is 0 Å². The number of rotatable bonds is 3. The Balaban J connectivity index is 2.01. The number of piperidine rings is 1. The van der Waals surface area contributed by atoms with Gasteiger partial charge in [-0.2, -0.15) is 0 Å². The van der Waals surface area contributed by atoms with Crippen molar-refractivity contribution in [3.8, 4) is 0 Å². The largest absolute Gasteiger partial charge is 0.378 e. The van der Waals surface area contributed by atoms with Gasteiger partial charge in [0, 0.05) is 25.3 Å². The van der Waals surface area contributed by atoms with Crippen molar-refractivity contribution in [2.45, 2.75) is 32.8 Å². The lowest BCUT2D eigenvalue weighted by Gasteiger charge is -2.32. The Labute approximate surface area is 113 Å². The van der Waals surface area contributed by atoms with Crippen molar-refractivity contribution in [2.24, 2.45) is 0 Å². The Bertz CT molecular complexity index is 453. The summed E-state index contributed by atoms with van der Waals surface area (Å²) < 4.78 is 18.6. The molecule has 1 aliphatic heterocycles. The molecular formula is C15H20FNO2. The van der Waals surface area contributed by atoms with Gasteiger partial charge in [-0.1, -0.05) is 0 Å². The summed E-state index contributed by atoms with van der Waals surface area (Å²) in [5.41, 5.74) is 1.29. The molecule has 0 N–H and O–H groups in total. The number of amides is 1. The van der Waals surface area contributed by atoms with Crippen LogP contribution in [0.3, 0.4) is 0 Å². The zero-order valence-electron chi connectivity index (χ0n) is 11.5. The van der Waals surface area contributed by atoms with Crippen LogP contribution in [0.5, 0.6) is 0 Å². The lowest BCUT2D eigenvalue weighted by atomic mass is 10.0. The van der Waals surface area contributed by atoms with Crippen molar-refractivity contribution in [1.29, 1.82) is 0 Å². The van der Waals surface area contributed by atoms with E-state index in [1.165, 1.54) is 12.1 Å². The predicted molar refractivity (Wildman–Crippen MR) is 71.7 cm³/mol. The van der Waals surface area contributed by atoms with Crippen LogP contribution < -0.4 is 0 Å². The monoisotopic (exact) mass is 265 g/mol. The summed E-state index contributed by atoms with van der Waals surface area (Å²) in [6.45, 7) is 5.89. The first-order chi connectivity index (χ1) is 9.11. The van der Waals surface area contributed by atoms with E-state index in [1.807, 2.05) is 11.8 Å². The first-order valence-electron chi connectivity index (χ1n) is 6.79. The summed E-state index contributed by atoms with van der Waals surface area (Å²) in [4.78, 5) is 14.2. The number of benzene rings is 1. The fourth-order valence-corrected chi connectivity index (χ4v) is 2.50.